The number of aromatic amines is 6. The number of imidazole rings is 6. The van der Waals surface area contributed by atoms with Crippen LogP contribution >= 0.6 is 0 Å². The maximum atomic E-state index is 14.5. The Labute approximate surface area is 401 Å². The van der Waals surface area contributed by atoms with E-state index in [1.807, 2.05) is 0 Å². The number of H-pyrrole nitrogens is 6. The Kier molecular flexibility index (Phi) is 18.3. The first-order valence-corrected chi connectivity index (χ1v) is 21.8. The molecule has 6 heterocycles. The van der Waals surface area contributed by atoms with Crippen LogP contribution in [0.5, 0.6) is 0 Å². The van der Waals surface area contributed by atoms with Crippen molar-refractivity contribution >= 4 is 47.3 Å². The lowest BCUT2D eigenvalue weighted by molar-refractivity contribution is -0.142. The van der Waals surface area contributed by atoms with Crippen LogP contribution in [0.4, 0.5) is 0 Å². The van der Waals surface area contributed by atoms with E-state index in [0.717, 1.165) is 0 Å². The zero-order valence-corrected chi connectivity index (χ0v) is 37.5. The Hall–Kier alpha value is -9.06. The van der Waals surface area contributed by atoms with Crippen molar-refractivity contribution in [3.05, 3.63) is 109 Å². The van der Waals surface area contributed by atoms with E-state index in [-0.39, 0.29) is 38.5 Å². The van der Waals surface area contributed by atoms with Gasteiger partial charge in [0.2, 0.25) is 41.4 Å². The van der Waals surface area contributed by atoms with Crippen LogP contribution < -0.4 is 43.0 Å². The van der Waals surface area contributed by atoms with Gasteiger partial charge in [-0.25, -0.2) is 34.7 Å². The maximum Gasteiger partial charge on any atom is 0.326 e. The number of amides is 7. The Balaban J connectivity index is 1.24. The third kappa shape index (κ3) is 15.5. The normalized spacial score (nSPS) is 14.1. The summed E-state index contributed by atoms with van der Waals surface area (Å²) < 4.78 is 0. The fourth-order valence-electron chi connectivity index (χ4n) is 7.03. The predicted octanol–water partition coefficient (Wildman–Crippen LogP) is -5.79. The zero-order valence-electron chi connectivity index (χ0n) is 37.5. The number of aliphatic hydroxyl groups is 1. The minimum absolute atomic E-state index is 0.163. The van der Waals surface area contributed by atoms with Gasteiger partial charge in [-0.1, -0.05) is 0 Å². The fourth-order valence-corrected chi connectivity index (χ4v) is 7.03. The minimum atomic E-state index is -1.49. The van der Waals surface area contributed by atoms with E-state index in [1.165, 1.54) is 75.1 Å². The lowest BCUT2D eigenvalue weighted by atomic mass is 10.0. The number of nitrogens with two attached hydrogens (primary N) is 1. The van der Waals surface area contributed by atoms with Crippen molar-refractivity contribution in [2.45, 2.75) is 80.8 Å². The van der Waals surface area contributed by atoms with Crippen molar-refractivity contribution in [3.8, 4) is 0 Å². The van der Waals surface area contributed by atoms with E-state index in [2.05, 4.69) is 97.0 Å². The fraction of sp³-hybridized carbons (Fsp3) is 0.366. The number of hydrogen-bond donors (Lipinski definition) is 16. The molecule has 0 radical (unpaired) electrons. The standard InChI is InChI=1S/C41H52N20O10/c42-7-34(63)55-33(14-62)40(69)60-30(4-24-11-46-18-52-24)38(67)58-28(2-22-9-44-16-50-22)36(65)56-27(1-21-8-43-15-49-21)35(64)57-29(3-23-10-45-17-51-23)37(66)59-31(5-25-12-47-19-53-25)39(68)61-32(41(70)71)6-26-13-48-20-54-26/h8-13,15-20,27-33,62H,1-7,14,42H2,(H,43,49)(H,44,50)(H,45,51)(H,46,52)(H,47,53)(H,48,54)(H,55,63)(H,56,65)(H,57,64)(H,58,67)(H,59,66)(H,60,69)(H,61,68)(H,70,71)/t27-,28-,29-,30-,31-,32-,33-/m0/s1. The molecule has 0 fully saturated rings. The minimum Gasteiger partial charge on any atom is -0.480 e. The van der Waals surface area contributed by atoms with Gasteiger partial charge in [-0.3, -0.25) is 33.6 Å². The number of carbonyl (C=O) groups is 8. The van der Waals surface area contributed by atoms with Crippen LogP contribution in [0.2, 0.25) is 0 Å². The second-order valence-corrected chi connectivity index (χ2v) is 15.9. The summed E-state index contributed by atoms with van der Waals surface area (Å²) in [4.78, 5) is 150. The van der Waals surface area contributed by atoms with Crippen molar-refractivity contribution in [2.24, 2.45) is 5.73 Å². The number of nitrogens with one attached hydrogen (secondary N) is 13. The Morgan fingerprint density at radius 1 is 0.394 bits per heavy atom. The van der Waals surface area contributed by atoms with Crippen LogP contribution in [-0.2, 0) is 76.9 Å². The Morgan fingerprint density at radius 2 is 0.620 bits per heavy atom. The molecule has 0 aliphatic carbocycles. The number of aliphatic hydroxyl groups excluding tert-OH is 1. The smallest absolute Gasteiger partial charge is 0.326 e. The number of carbonyl (C=O) groups excluding carboxylic acids is 7. The number of nitrogens with zero attached hydrogens (tertiary/aromatic N) is 6. The molecule has 7 amide bonds. The van der Waals surface area contributed by atoms with Gasteiger partial charge in [0.25, 0.3) is 0 Å². The van der Waals surface area contributed by atoms with Crippen LogP contribution in [0.3, 0.4) is 0 Å². The highest BCUT2D eigenvalue weighted by Crippen LogP contribution is 2.10. The van der Waals surface area contributed by atoms with Crippen LogP contribution in [-0.4, -0.2) is 173 Å². The summed E-state index contributed by atoms with van der Waals surface area (Å²) in [5, 5.41) is 37.6. The molecule has 17 N–H and O–H groups in total. The first kappa shape index (κ1) is 51.3. The van der Waals surface area contributed by atoms with Gasteiger partial charge in [0.15, 0.2) is 0 Å². The van der Waals surface area contributed by atoms with Gasteiger partial charge < -0.3 is 83.1 Å². The van der Waals surface area contributed by atoms with E-state index in [0.29, 0.717) is 34.2 Å². The van der Waals surface area contributed by atoms with Crippen molar-refractivity contribution in [2.75, 3.05) is 13.2 Å². The third-order valence-electron chi connectivity index (χ3n) is 10.7. The maximum absolute atomic E-state index is 14.5. The zero-order chi connectivity index (χ0) is 50.7. The molecule has 0 saturated heterocycles. The van der Waals surface area contributed by atoms with Crippen LogP contribution in [0, 0.1) is 0 Å². The highest BCUT2D eigenvalue weighted by atomic mass is 16.4. The molecule has 0 saturated carbocycles. The van der Waals surface area contributed by atoms with Gasteiger partial charge in [-0.05, 0) is 0 Å². The molecule has 0 spiro atoms. The average Bonchev–Trinajstić information content (AvgIpc) is 4.21. The summed E-state index contributed by atoms with van der Waals surface area (Å²) in [5.41, 5.74) is 7.70. The molecule has 376 valence electrons. The molecule has 0 aromatic carbocycles. The van der Waals surface area contributed by atoms with Gasteiger partial charge in [0.1, 0.15) is 42.3 Å². The molecular formula is C41H52N20O10. The lowest BCUT2D eigenvalue weighted by Crippen LogP contribution is -2.61. The SMILES string of the molecule is NCC(=O)N[C@@H](CO)C(=O)N[C@@H](Cc1cnc[nH]1)C(=O)N[C@@H](Cc1cnc[nH]1)C(=O)N[C@@H](Cc1cnc[nH]1)C(=O)N[C@@H](Cc1cnc[nH]1)C(=O)N[C@@H](Cc1cnc[nH]1)C(=O)N[C@@H](Cc1cnc[nH]1)C(=O)O. The second kappa shape index (κ2) is 25.3. The highest BCUT2D eigenvalue weighted by Gasteiger charge is 2.35. The number of rotatable bonds is 28. The van der Waals surface area contributed by atoms with E-state index in [9.17, 15) is 48.6 Å². The van der Waals surface area contributed by atoms with E-state index < -0.39 is 103 Å². The quantitative estimate of drug-likeness (QED) is 0.0218. The van der Waals surface area contributed by atoms with Gasteiger partial charge >= 0.3 is 5.97 Å². The van der Waals surface area contributed by atoms with Crippen molar-refractivity contribution in [1.29, 1.82) is 0 Å². The summed E-state index contributed by atoms with van der Waals surface area (Å²) in [6.07, 6.45) is 15.3. The third-order valence-corrected chi connectivity index (χ3v) is 10.7. The van der Waals surface area contributed by atoms with E-state index in [4.69, 9.17) is 5.73 Å². The van der Waals surface area contributed by atoms with Gasteiger partial charge in [-0.15, -0.1) is 0 Å². The van der Waals surface area contributed by atoms with Crippen LogP contribution in [0.1, 0.15) is 34.2 Å². The number of aliphatic carboxylic acids is 1. The average molecular weight is 985 g/mol. The summed E-state index contributed by atoms with van der Waals surface area (Å²) in [6.45, 7) is -1.33. The molecular weight excluding hydrogens is 933 g/mol. The van der Waals surface area contributed by atoms with Crippen molar-refractivity contribution < 1.29 is 48.6 Å². The Bertz CT molecular complexity index is 2620. The first-order chi connectivity index (χ1) is 34.3. The molecule has 6 aromatic heterocycles. The number of carboxylic acid groups (broad SMARTS) is 1. The number of hydrogen-bond acceptors (Lipinski definition) is 16. The van der Waals surface area contributed by atoms with Crippen molar-refractivity contribution in [3.63, 3.8) is 0 Å². The van der Waals surface area contributed by atoms with Crippen LogP contribution in [0.15, 0.2) is 75.1 Å². The monoisotopic (exact) mass is 984 g/mol. The lowest BCUT2D eigenvalue weighted by Gasteiger charge is -2.27. The number of aromatic nitrogens is 12. The second-order valence-electron chi connectivity index (χ2n) is 15.9. The molecule has 0 bridgehead atoms. The Morgan fingerprint density at radius 3 is 0.817 bits per heavy atom. The summed E-state index contributed by atoms with van der Waals surface area (Å²) in [7, 11) is 0. The highest BCUT2D eigenvalue weighted by molar-refractivity contribution is 5.97. The molecule has 7 atom stereocenters. The van der Waals surface area contributed by atoms with Gasteiger partial charge in [0, 0.05) is 110 Å². The molecule has 6 rings (SSSR count). The van der Waals surface area contributed by atoms with E-state index >= 15 is 0 Å². The molecule has 6 aromatic rings. The van der Waals surface area contributed by atoms with Crippen molar-refractivity contribution in [1.82, 2.24) is 97.0 Å². The topological polar surface area (TPSA) is 459 Å². The molecule has 30 heteroatoms. The molecule has 0 unspecified atom stereocenters. The molecule has 0 aliphatic heterocycles. The molecule has 30 nitrogen and oxygen atoms in total. The first-order valence-electron chi connectivity index (χ1n) is 21.8. The molecule has 0 aliphatic rings. The predicted molar refractivity (Wildman–Crippen MR) is 241 cm³/mol. The largest absolute Gasteiger partial charge is 0.480 e. The van der Waals surface area contributed by atoms with Gasteiger partial charge in [-0.2, -0.15) is 0 Å². The number of carboxylic acids is 1. The summed E-state index contributed by atoms with van der Waals surface area (Å²) in [5.74, 6) is -7.53. The summed E-state index contributed by atoms with van der Waals surface area (Å²) >= 11 is 0. The summed E-state index contributed by atoms with van der Waals surface area (Å²) in [6, 6.07) is -10.2. The molecule has 71 heavy (non-hydrogen) atoms. The van der Waals surface area contributed by atoms with Gasteiger partial charge in [0.05, 0.1) is 51.1 Å². The van der Waals surface area contributed by atoms with E-state index in [1.54, 1.807) is 0 Å². The van der Waals surface area contributed by atoms with Crippen LogP contribution in [0.25, 0.3) is 0 Å².